The molecule has 0 aliphatic carbocycles. The Morgan fingerprint density at radius 3 is 1.50 bits per heavy atom. The summed E-state index contributed by atoms with van der Waals surface area (Å²) in [7, 11) is 0. The number of rotatable bonds is 3. The molecule has 0 spiro atoms. The maximum absolute atomic E-state index is 6.15. The fraction of sp³-hybridized carbons (Fsp3) is 0.200. The summed E-state index contributed by atoms with van der Waals surface area (Å²) in [6.07, 6.45) is 0. The highest BCUT2D eigenvalue weighted by Gasteiger charge is 2.18. The zero-order valence-electron chi connectivity index (χ0n) is 10.4. The van der Waals surface area contributed by atoms with Crippen molar-refractivity contribution in [2.24, 2.45) is 0 Å². The zero-order chi connectivity index (χ0) is 13.1. The number of alkyl halides is 2. The Kier molecular flexibility index (Phi) is 4.15. The minimum absolute atomic E-state index is 0.618. The molecule has 0 saturated heterocycles. The van der Waals surface area contributed by atoms with E-state index in [1.54, 1.807) is 0 Å². The third-order valence-electron chi connectivity index (χ3n) is 2.95. The molecule has 0 amide bonds. The first-order valence-corrected chi connectivity index (χ1v) is 6.67. The lowest BCUT2D eigenvalue weighted by atomic mass is 10.1. The topological polar surface area (TPSA) is 3.24 Å². The van der Waals surface area contributed by atoms with Crippen molar-refractivity contribution >= 4 is 34.6 Å². The predicted molar refractivity (Wildman–Crippen MR) is 80.0 cm³/mol. The van der Waals surface area contributed by atoms with Gasteiger partial charge in [0.1, 0.15) is 0 Å². The van der Waals surface area contributed by atoms with Crippen LogP contribution >= 0.6 is 23.2 Å². The summed E-state index contributed by atoms with van der Waals surface area (Å²) in [5.41, 5.74) is 4.35. The first-order chi connectivity index (χ1) is 8.61. The second kappa shape index (κ2) is 5.64. The number of nitrogens with zero attached hydrogens (tertiary/aromatic N) is 1. The van der Waals surface area contributed by atoms with Crippen LogP contribution in [0.5, 0.6) is 0 Å². The van der Waals surface area contributed by atoms with Gasteiger partial charge in [-0.2, -0.15) is 0 Å². The molecule has 0 saturated carbocycles. The van der Waals surface area contributed by atoms with Crippen LogP contribution in [0.4, 0.5) is 11.4 Å². The normalized spacial score (nSPS) is 10.7. The second-order valence-electron chi connectivity index (χ2n) is 4.22. The molecule has 0 radical (unpaired) electrons. The third kappa shape index (κ3) is 2.63. The van der Waals surface area contributed by atoms with Crippen molar-refractivity contribution in [2.75, 3.05) is 4.90 Å². The molecular weight excluding hydrogens is 265 g/mol. The summed E-state index contributed by atoms with van der Waals surface area (Å²) in [6.45, 7) is 4.10. The van der Waals surface area contributed by atoms with E-state index in [2.05, 4.69) is 26.0 Å². The van der Waals surface area contributed by atoms with E-state index in [4.69, 9.17) is 23.2 Å². The zero-order valence-corrected chi connectivity index (χ0v) is 11.9. The minimum atomic E-state index is -0.618. The summed E-state index contributed by atoms with van der Waals surface area (Å²) in [6, 6.07) is 16.2. The first kappa shape index (κ1) is 13.3. The molecule has 3 heteroatoms. The molecule has 0 aromatic heterocycles. The van der Waals surface area contributed by atoms with Gasteiger partial charge >= 0.3 is 0 Å². The quantitative estimate of drug-likeness (QED) is 0.551. The lowest BCUT2D eigenvalue weighted by Gasteiger charge is -2.29. The van der Waals surface area contributed by atoms with Crippen LogP contribution in [0.1, 0.15) is 11.1 Å². The smallest absolute Gasteiger partial charge is 0.184 e. The van der Waals surface area contributed by atoms with Crippen LogP contribution in [0.3, 0.4) is 0 Å². The SMILES string of the molecule is Cc1ccccc1N(c1ccccc1C)C(Cl)Cl. The van der Waals surface area contributed by atoms with E-state index in [1.165, 1.54) is 0 Å². The van der Waals surface area contributed by atoms with Gasteiger partial charge in [0.25, 0.3) is 0 Å². The van der Waals surface area contributed by atoms with Gasteiger partial charge in [0, 0.05) is 11.4 Å². The van der Waals surface area contributed by atoms with E-state index in [1.807, 2.05) is 41.3 Å². The Balaban J connectivity index is 2.55. The van der Waals surface area contributed by atoms with Crippen LogP contribution in [0, 0.1) is 13.8 Å². The molecule has 0 aliphatic heterocycles. The standard InChI is InChI=1S/C15H15Cl2N/c1-11-7-3-5-9-13(11)18(15(16)17)14-10-6-4-8-12(14)2/h3-10,15H,1-2H3. The highest BCUT2D eigenvalue weighted by molar-refractivity contribution is 6.46. The molecule has 2 aromatic carbocycles. The maximum atomic E-state index is 6.15. The maximum Gasteiger partial charge on any atom is 0.184 e. The fourth-order valence-electron chi connectivity index (χ4n) is 2.01. The van der Waals surface area contributed by atoms with Gasteiger partial charge in [0.05, 0.1) is 0 Å². The Morgan fingerprint density at radius 2 is 1.17 bits per heavy atom. The van der Waals surface area contributed by atoms with Crippen LogP contribution in [-0.4, -0.2) is 4.96 Å². The van der Waals surface area contributed by atoms with Crippen LogP contribution in [-0.2, 0) is 0 Å². The van der Waals surface area contributed by atoms with E-state index >= 15 is 0 Å². The highest BCUT2D eigenvalue weighted by Crippen LogP contribution is 2.34. The average Bonchev–Trinajstić information content (AvgIpc) is 2.34. The van der Waals surface area contributed by atoms with Gasteiger partial charge in [-0.3, -0.25) is 0 Å². The molecule has 0 bridgehead atoms. The Bertz CT molecular complexity index is 492. The summed E-state index contributed by atoms with van der Waals surface area (Å²) in [5, 5.41) is 0. The minimum Gasteiger partial charge on any atom is -0.311 e. The number of para-hydroxylation sites is 2. The van der Waals surface area contributed by atoms with E-state index < -0.39 is 4.96 Å². The van der Waals surface area contributed by atoms with Crippen molar-refractivity contribution in [1.82, 2.24) is 0 Å². The Morgan fingerprint density at radius 1 is 0.778 bits per heavy atom. The first-order valence-electron chi connectivity index (χ1n) is 5.80. The average molecular weight is 280 g/mol. The number of hydrogen-bond donors (Lipinski definition) is 0. The van der Waals surface area contributed by atoms with E-state index in [-0.39, 0.29) is 0 Å². The monoisotopic (exact) mass is 279 g/mol. The van der Waals surface area contributed by atoms with Gasteiger partial charge in [-0.05, 0) is 37.1 Å². The van der Waals surface area contributed by atoms with Crippen molar-refractivity contribution in [1.29, 1.82) is 0 Å². The van der Waals surface area contributed by atoms with Crippen LogP contribution in [0.2, 0.25) is 0 Å². The summed E-state index contributed by atoms with van der Waals surface area (Å²) >= 11 is 12.3. The number of hydrogen-bond acceptors (Lipinski definition) is 1. The van der Waals surface area contributed by atoms with Gasteiger partial charge in [0.2, 0.25) is 0 Å². The highest BCUT2D eigenvalue weighted by atomic mass is 35.5. The van der Waals surface area contributed by atoms with Crippen LogP contribution < -0.4 is 4.90 Å². The molecular formula is C15H15Cl2N. The van der Waals surface area contributed by atoms with Crippen LogP contribution in [0.25, 0.3) is 0 Å². The van der Waals surface area contributed by atoms with E-state index in [0.29, 0.717) is 0 Å². The lowest BCUT2D eigenvalue weighted by Crippen LogP contribution is -2.23. The van der Waals surface area contributed by atoms with Crippen molar-refractivity contribution in [3.63, 3.8) is 0 Å². The van der Waals surface area contributed by atoms with E-state index in [0.717, 1.165) is 22.5 Å². The van der Waals surface area contributed by atoms with Gasteiger partial charge in [0.15, 0.2) is 4.96 Å². The molecule has 0 fully saturated rings. The molecule has 94 valence electrons. The second-order valence-corrected chi connectivity index (χ2v) is 5.27. The molecule has 0 N–H and O–H groups in total. The predicted octanol–water partition coefficient (Wildman–Crippen LogP) is 5.20. The van der Waals surface area contributed by atoms with Crippen molar-refractivity contribution in [3.8, 4) is 0 Å². The molecule has 0 unspecified atom stereocenters. The summed E-state index contributed by atoms with van der Waals surface area (Å²) in [4.78, 5) is 1.32. The van der Waals surface area contributed by atoms with Crippen molar-refractivity contribution in [3.05, 3.63) is 59.7 Å². The molecule has 0 atom stereocenters. The number of anilines is 2. The van der Waals surface area contributed by atoms with E-state index in [9.17, 15) is 0 Å². The summed E-state index contributed by atoms with van der Waals surface area (Å²) in [5.74, 6) is 0. The molecule has 2 rings (SSSR count). The number of benzene rings is 2. The van der Waals surface area contributed by atoms with Gasteiger partial charge in [-0.1, -0.05) is 59.6 Å². The Hall–Kier alpha value is -1.18. The molecule has 0 heterocycles. The van der Waals surface area contributed by atoms with Gasteiger partial charge in [-0.15, -0.1) is 0 Å². The molecule has 18 heavy (non-hydrogen) atoms. The van der Waals surface area contributed by atoms with Crippen molar-refractivity contribution < 1.29 is 0 Å². The van der Waals surface area contributed by atoms with Crippen molar-refractivity contribution in [2.45, 2.75) is 18.8 Å². The van der Waals surface area contributed by atoms with Gasteiger partial charge in [-0.25, -0.2) is 0 Å². The van der Waals surface area contributed by atoms with Crippen LogP contribution in [0.15, 0.2) is 48.5 Å². The largest absolute Gasteiger partial charge is 0.311 e. The number of aryl methyl sites for hydroxylation is 2. The molecule has 0 aliphatic rings. The fourth-order valence-corrected chi connectivity index (χ4v) is 2.43. The third-order valence-corrected chi connectivity index (χ3v) is 3.34. The Labute approximate surface area is 118 Å². The lowest BCUT2D eigenvalue weighted by molar-refractivity contribution is 1.08. The van der Waals surface area contributed by atoms with Gasteiger partial charge < -0.3 is 4.90 Å². The molecule has 1 nitrogen and oxygen atoms in total. The molecule has 2 aromatic rings. The number of halogens is 2. The summed E-state index contributed by atoms with van der Waals surface area (Å²) < 4.78 is 0.